The Morgan fingerprint density at radius 3 is 2.62 bits per heavy atom. The van der Waals surface area contributed by atoms with Crippen molar-refractivity contribution in [2.45, 2.75) is 0 Å². The molecule has 2 aromatic carbocycles. The van der Waals surface area contributed by atoms with Gasteiger partial charge >= 0.3 is 0 Å². The van der Waals surface area contributed by atoms with E-state index < -0.39 is 17.6 Å². The van der Waals surface area contributed by atoms with Crippen molar-refractivity contribution in [3.8, 4) is 5.75 Å². The summed E-state index contributed by atoms with van der Waals surface area (Å²) < 4.78 is 18.0. The Balaban J connectivity index is 1.78. The van der Waals surface area contributed by atoms with Gasteiger partial charge in [-0.1, -0.05) is 6.07 Å². The van der Waals surface area contributed by atoms with Gasteiger partial charge in [0.25, 0.3) is 11.8 Å². The number of nitrogens with zero attached hydrogens (tertiary/aromatic N) is 1. The Morgan fingerprint density at radius 2 is 1.96 bits per heavy atom. The third-order valence-electron chi connectivity index (χ3n) is 3.01. The fourth-order valence-corrected chi connectivity index (χ4v) is 1.80. The molecule has 0 aliphatic carbocycles. The van der Waals surface area contributed by atoms with Gasteiger partial charge in [0.15, 0.2) is 0 Å². The number of hydrazone groups is 1. The number of methoxy groups -OCH3 is 1. The van der Waals surface area contributed by atoms with Crippen LogP contribution in [-0.4, -0.2) is 31.7 Å². The molecule has 0 heterocycles. The van der Waals surface area contributed by atoms with Gasteiger partial charge in [0.2, 0.25) is 0 Å². The van der Waals surface area contributed by atoms with Crippen LogP contribution >= 0.6 is 0 Å². The molecule has 0 aromatic heterocycles. The molecule has 0 saturated heterocycles. The van der Waals surface area contributed by atoms with E-state index in [0.29, 0.717) is 0 Å². The molecule has 0 saturated carbocycles. The predicted molar refractivity (Wildman–Crippen MR) is 87.5 cm³/mol. The molecule has 0 aliphatic heterocycles. The van der Waals surface area contributed by atoms with Crippen LogP contribution in [0.25, 0.3) is 0 Å². The van der Waals surface area contributed by atoms with Crippen molar-refractivity contribution in [2.24, 2.45) is 5.10 Å². The highest BCUT2D eigenvalue weighted by molar-refractivity contribution is 5.96. The summed E-state index contributed by atoms with van der Waals surface area (Å²) in [5.41, 5.74) is 3.21. The molecule has 24 heavy (non-hydrogen) atoms. The Hall–Kier alpha value is -3.22. The molecule has 2 aromatic rings. The maximum atomic E-state index is 13.0. The fourth-order valence-electron chi connectivity index (χ4n) is 1.80. The number of nitrogens with one attached hydrogen (secondary N) is 2. The molecular formula is C17H16FN3O3. The Morgan fingerprint density at radius 1 is 1.21 bits per heavy atom. The van der Waals surface area contributed by atoms with Crippen LogP contribution in [0, 0.1) is 5.82 Å². The molecule has 0 fully saturated rings. The van der Waals surface area contributed by atoms with Gasteiger partial charge in [-0.3, -0.25) is 9.59 Å². The smallest absolute Gasteiger partial charge is 0.259 e. The van der Waals surface area contributed by atoms with Crippen LogP contribution in [0.2, 0.25) is 0 Å². The van der Waals surface area contributed by atoms with Gasteiger partial charge in [-0.15, -0.1) is 0 Å². The van der Waals surface area contributed by atoms with Crippen molar-refractivity contribution in [3.05, 3.63) is 65.5 Å². The van der Waals surface area contributed by atoms with Crippen molar-refractivity contribution in [1.29, 1.82) is 0 Å². The van der Waals surface area contributed by atoms with Crippen LogP contribution in [0.5, 0.6) is 5.75 Å². The molecule has 0 atom stereocenters. The predicted octanol–water partition coefficient (Wildman–Crippen LogP) is 1.71. The van der Waals surface area contributed by atoms with Crippen LogP contribution < -0.4 is 15.5 Å². The highest BCUT2D eigenvalue weighted by atomic mass is 19.1. The highest BCUT2D eigenvalue weighted by Gasteiger charge is 2.08. The van der Waals surface area contributed by atoms with Crippen LogP contribution in [0.15, 0.2) is 53.6 Å². The van der Waals surface area contributed by atoms with Gasteiger partial charge < -0.3 is 10.1 Å². The minimum Gasteiger partial charge on any atom is -0.497 e. The lowest BCUT2D eigenvalue weighted by Gasteiger charge is -2.04. The third-order valence-corrected chi connectivity index (χ3v) is 3.01. The minimum absolute atomic E-state index is 0.143. The zero-order valence-corrected chi connectivity index (χ0v) is 13.0. The minimum atomic E-state index is -0.538. The molecule has 7 heteroatoms. The number of rotatable bonds is 6. The molecule has 6 nitrogen and oxygen atoms in total. The first-order valence-electron chi connectivity index (χ1n) is 7.08. The topological polar surface area (TPSA) is 79.8 Å². The number of carbonyl (C=O) groups is 2. The molecule has 2 N–H and O–H groups in total. The zero-order valence-electron chi connectivity index (χ0n) is 13.0. The normalized spacial score (nSPS) is 10.4. The molecule has 0 bridgehead atoms. The summed E-state index contributed by atoms with van der Waals surface area (Å²) in [6, 6.07) is 12.3. The Labute approximate surface area is 138 Å². The first kappa shape index (κ1) is 17.1. The maximum absolute atomic E-state index is 13.0. The fraction of sp³-hybridized carbons (Fsp3) is 0.118. The molecule has 0 unspecified atom stereocenters. The van der Waals surface area contributed by atoms with Crippen molar-refractivity contribution in [1.82, 2.24) is 10.7 Å². The lowest BCUT2D eigenvalue weighted by Crippen LogP contribution is -2.34. The number of hydrogen-bond donors (Lipinski definition) is 2. The number of benzene rings is 2. The molecule has 2 amide bonds. The van der Waals surface area contributed by atoms with E-state index in [9.17, 15) is 14.0 Å². The van der Waals surface area contributed by atoms with E-state index in [1.165, 1.54) is 24.4 Å². The first-order chi connectivity index (χ1) is 11.6. The Kier molecular flexibility index (Phi) is 6.01. The van der Waals surface area contributed by atoms with Gasteiger partial charge in [0.05, 0.1) is 19.9 Å². The van der Waals surface area contributed by atoms with Crippen LogP contribution in [0.3, 0.4) is 0 Å². The average Bonchev–Trinajstić information content (AvgIpc) is 2.60. The van der Waals surface area contributed by atoms with Crippen molar-refractivity contribution < 1.29 is 18.7 Å². The number of ether oxygens (including phenoxy) is 1. The van der Waals surface area contributed by atoms with E-state index >= 15 is 0 Å². The summed E-state index contributed by atoms with van der Waals surface area (Å²) in [5, 5.41) is 6.17. The standard InChI is InChI=1S/C17H16FN3O3/c1-24-15-7-5-12(6-8-15)10-20-21-16(22)11-19-17(23)13-3-2-4-14(18)9-13/h2-10H,11H2,1H3,(H,19,23)(H,21,22)/b20-10+. The van der Waals surface area contributed by atoms with E-state index in [1.807, 2.05) is 0 Å². The lowest BCUT2D eigenvalue weighted by atomic mass is 10.2. The van der Waals surface area contributed by atoms with Crippen LogP contribution in [-0.2, 0) is 4.79 Å². The summed E-state index contributed by atoms with van der Waals surface area (Å²) in [6.45, 7) is -0.269. The molecule has 2 rings (SSSR count). The second kappa shape index (κ2) is 8.42. The van der Waals surface area contributed by atoms with E-state index in [-0.39, 0.29) is 12.1 Å². The van der Waals surface area contributed by atoms with Crippen LogP contribution in [0.1, 0.15) is 15.9 Å². The average molecular weight is 329 g/mol. The van der Waals surface area contributed by atoms with Crippen molar-refractivity contribution in [2.75, 3.05) is 13.7 Å². The van der Waals surface area contributed by atoms with E-state index in [4.69, 9.17) is 4.74 Å². The SMILES string of the molecule is COc1ccc(/C=N/NC(=O)CNC(=O)c2cccc(F)c2)cc1. The summed E-state index contributed by atoms with van der Waals surface area (Å²) in [4.78, 5) is 23.4. The number of carbonyl (C=O) groups excluding carboxylic acids is 2. The van der Waals surface area contributed by atoms with Gasteiger partial charge in [0, 0.05) is 5.56 Å². The van der Waals surface area contributed by atoms with Crippen molar-refractivity contribution in [3.63, 3.8) is 0 Å². The molecular weight excluding hydrogens is 313 g/mol. The maximum Gasteiger partial charge on any atom is 0.259 e. The monoisotopic (exact) mass is 329 g/mol. The van der Waals surface area contributed by atoms with Gasteiger partial charge in [-0.2, -0.15) is 5.10 Å². The summed E-state index contributed by atoms with van der Waals surface area (Å²) >= 11 is 0. The van der Waals surface area contributed by atoms with Crippen LogP contribution in [0.4, 0.5) is 4.39 Å². The quantitative estimate of drug-likeness (QED) is 0.625. The molecule has 124 valence electrons. The highest BCUT2D eigenvalue weighted by Crippen LogP contribution is 2.09. The number of amides is 2. The lowest BCUT2D eigenvalue weighted by molar-refractivity contribution is -0.120. The molecule has 0 radical (unpaired) electrons. The van der Waals surface area contributed by atoms with E-state index in [2.05, 4.69) is 15.8 Å². The summed E-state index contributed by atoms with van der Waals surface area (Å²) in [6.07, 6.45) is 1.46. The first-order valence-corrected chi connectivity index (χ1v) is 7.08. The number of hydrogen-bond acceptors (Lipinski definition) is 4. The molecule has 0 spiro atoms. The van der Waals surface area contributed by atoms with Crippen molar-refractivity contribution >= 4 is 18.0 Å². The second-order valence-corrected chi connectivity index (χ2v) is 4.76. The van der Waals surface area contributed by atoms with Gasteiger partial charge in [-0.25, -0.2) is 9.82 Å². The molecule has 0 aliphatic rings. The zero-order chi connectivity index (χ0) is 17.4. The number of halogens is 1. The van der Waals surface area contributed by atoms with Gasteiger partial charge in [0.1, 0.15) is 11.6 Å². The van der Waals surface area contributed by atoms with E-state index in [0.717, 1.165) is 17.4 Å². The Bertz CT molecular complexity index is 745. The van der Waals surface area contributed by atoms with Gasteiger partial charge in [-0.05, 0) is 48.0 Å². The second-order valence-electron chi connectivity index (χ2n) is 4.76. The summed E-state index contributed by atoms with van der Waals surface area (Å²) in [7, 11) is 1.57. The third kappa shape index (κ3) is 5.20. The summed E-state index contributed by atoms with van der Waals surface area (Å²) in [5.74, 6) is -0.833. The van der Waals surface area contributed by atoms with E-state index in [1.54, 1.807) is 31.4 Å². The largest absolute Gasteiger partial charge is 0.497 e.